The van der Waals surface area contributed by atoms with Crippen LogP contribution in [-0.2, 0) is 11.3 Å². The largest absolute Gasteiger partial charge is 0.445 e. The van der Waals surface area contributed by atoms with Gasteiger partial charge < -0.3 is 15.0 Å². The number of amides is 1. The molecule has 1 N–H and O–H groups in total. The van der Waals surface area contributed by atoms with Crippen molar-refractivity contribution in [2.45, 2.75) is 6.61 Å². The van der Waals surface area contributed by atoms with Gasteiger partial charge in [-0.1, -0.05) is 36.4 Å². The van der Waals surface area contributed by atoms with E-state index in [1.54, 1.807) is 0 Å². The van der Waals surface area contributed by atoms with E-state index < -0.39 is 0 Å². The second-order valence-electron chi connectivity index (χ2n) is 6.01. The monoisotopic (exact) mass is 340 g/mol. The van der Waals surface area contributed by atoms with E-state index in [1.165, 1.54) is 0 Å². The standard InChI is InChI=1S/C19H24N4O2/c24-19(25-16-17-6-2-1-3-7-17)21-10-11-22-12-14-23(15-13-22)18-8-4-5-9-20-18/h1-9H,10-16H2,(H,21,24). The molecule has 0 atom stereocenters. The highest BCUT2D eigenvalue weighted by Crippen LogP contribution is 2.12. The van der Waals surface area contributed by atoms with E-state index >= 15 is 0 Å². The molecule has 0 saturated carbocycles. The molecule has 6 heteroatoms. The van der Waals surface area contributed by atoms with Gasteiger partial charge >= 0.3 is 6.09 Å². The number of piperazine rings is 1. The second kappa shape index (κ2) is 9.03. The topological polar surface area (TPSA) is 57.7 Å². The lowest BCUT2D eigenvalue weighted by molar-refractivity contribution is 0.137. The van der Waals surface area contributed by atoms with Crippen molar-refractivity contribution >= 4 is 11.9 Å². The van der Waals surface area contributed by atoms with Crippen molar-refractivity contribution in [2.75, 3.05) is 44.2 Å². The van der Waals surface area contributed by atoms with Crippen molar-refractivity contribution in [3.63, 3.8) is 0 Å². The first-order valence-corrected chi connectivity index (χ1v) is 8.64. The van der Waals surface area contributed by atoms with Gasteiger partial charge in [0.05, 0.1) is 0 Å². The van der Waals surface area contributed by atoms with Crippen LogP contribution in [0, 0.1) is 0 Å². The highest BCUT2D eigenvalue weighted by molar-refractivity contribution is 5.67. The summed E-state index contributed by atoms with van der Waals surface area (Å²) >= 11 is 0. The van der Waals surface area contributed by atoms with Gasteiger partial charge in [0.1, 0.15) is 12.4 Å². The van der Waals surface area contributed by atoms with Crippen LogP contribution in [0.1, 0.15) is 5.56 Å². The minimum atomic E-state index is -0.365. The number of carbonyl (C=O) groups is 1. The zero-order chi connectivity index (χ0) is 17.3. The van der Waals surface area contributed by atoms with Crippen LogP contribution in [0.5, 0.6) is 0 Å². The molecule has 0 bridgehead atoms. The van der Waals surface area contributed by atoms with E-state index in [9.17, 15) is 4.79 Å². The molecule has 0 unspecified atom stereocenters. The fraction of sp³-hybridized carbons (Fsp3) is 0.368. The van der Waals surface area contributed by atoms with Crippen molar-refractivity contribution in [1.82, 2.24) is 15.2 Å². The molecule has 0 radical (unpaired) electrons. The Hall–Kier alpha value is -2.60. The van der Waals surface area contributed by atoms with E-state index in [0.717, 1.165) is 44.1 Å². The van der Waals surface area contributed by atoms with E-state index in [0.29, 0.717) is 13.2 Å². The third kappa shape index (κ3) is 5.46. The van der Waals surface area contributed by atoms with Crippen molar-refractivity contribution in [3.8, 4) is 0 Å². The summed E-state index contributed by atoms with van der Waals surface area (Å²) in [5.41, 5.74) is 0.989. The van der Waals surface area contributed by atoms with E-state index in [-0.39, 0.29) is 6.09 Å². The molecule has 1 fully saturated rings. The van der Waals surface area contributed by atoms with Gasteiger partial charge in [0, 0.05) is 45.5 Å². The number of rotatable bonds is 6. The normalized spacial score (nSPS) is 15.0. The van der Waals surface area contributed by atoms with Gasteiger partial charge in [0.15, 0.2) is 0 Å². The molecule has 1 saturated heterocycles. The Balaban J connectivity index is 1.30. The van der Waals surface area contributed by atoms with Gasteiger partial charge in [-0.25, -0.2) is 9.78 Å². The number of alkyl carbamates (subject to hydrolysis) is 1. The summed E-state index contributed by atoms with van der Waals surface area (Å²) in [5, 5.41) is 2.81. The third-order valence-electron chi connectivity index (χ3n) is 4.26. The first-order valence-electron chi connectivity index (χ1n) is 8.64. The quantitative estimate of drug-likeness (QED) is 0.873. The Morgan fingerprint density at radius 2 is 1.80 bits per heavy atom. The van der Waals surface area contributed by atoms with Gasteiger partial charge in [-0.15, -0.1) is 0 Å². The summed E-state index contributed by atoms with van der Waals surface area (Å²) < 4.78 is 5.21. The predicted octanol–water partition coefficient (Wildman–Crippen LogP) is 2.13. The number of nitrogens with one attached hydrogen (secondary N) is 1. The lowest BCUT2D eigenvalue weighted by Crippen LogP contribution is -2.48. The van der Waals surface area contributed by atoms with Gasteiger partial charge in [-0.05, 0) is 17.7 Å². The number of anilines is 1. The molecule has 2 heterocycles. The third-order valence-corrected chi connectivity index (χ3v) is 4.26. The molecular formula is C19H24N4O2. The highest BCUT2D eigenvalue weighted by atomic mass is 16.5. The van der Waals surface area contributed by atoms with Gasteiger partial charge in [-0.2, -0.15) is 0 Å². The van der Waals surface area contributed by atoms with Crippen molar-refractivity contribution < 1.29 is 9.53 Å². The maximum atomic E-state index is 11.7. The molecule has 0 aliphatic carbocycles. The Kier molecular flexibility index (Phi) is 6.23. The number of aromatic nitrogens is 1. The molecule has 132 valence electrons. The second-order valence-corrected chi connectivity index (χ2v) is 6.01. The van der Waals surface area contributed by atoms with Crippen molar-refractivity contribution in [1.29, 1.82) is 0 Å². The van der Waals surface area contributed by atoms with Crippen LogP contribution in [0.3, 0.4) is 0 Å². The number of hydrogen-bond donors (Lipinski definition) is 1. The van der Waals surface area contributed by atoms with E-state index in [2.05, 4.69) is 20.1 Å². The van der Waals surface area contributed by atoms with E-state index in [1.807, 2.05) is 54.7 Å². The number of nitrogens with zero attached hydrogens (tertiary/aromatic N) is 3. The molecule has 1 amide bonds. The average Bonchev–Trinajstić information content (AvgIpc) is 2.68. The summed E-state index contributed by atoms with van der Waals surface area (Å²) in [6.07, 6.45) is 1.46. The Labute approximate surface area is 148 Å². The highest BCUT2D eigenvalue weighted by Gasteiger charge is 2.17. The van der Waals surface area contributed by atoms with Crippen LogP contribution >= 0.6 is 0 Å². The smallest absolute Gasteiger partial charge is 0.407 e. The number of ether oxygens (including phenoxy) is 1. The van der Waals surface area contributed by atoms with Gasteiger partial charge in [-0.3, -0.25) is 4.90 Å². The lowest BCUT2D eigenvalue weighted by Gasteiger charge is -2.35. The van der Waals surface area contributed by atoms with Crippen LogP contribution in [-0.4, -0.2) is 55.2 Å². The van der Waals surface area contributed by atoms with Crippen LogP contribution in [0.4, 0.5) is 10.6 Å². The molecule has 1 aromatic carbocycles. The summed E-state index contributed by atoms with van der Waals surface area (Å²) in [4.78, 5) is 20.8. The van der Waals surface area contributed by atoms with Gasteiger partial charge in [0.2, 0.25) is 0 Å². The molecule has 25 heavy (non-hydrogen) atoms. The van der Waals surface area contributed by atoms with Crippen LogP contribution in [0.25, 0.3) is 0 Å². The molecule has 0 spiro atoms. The SMILES string of the molecule is O=C(NCCN1CCN(c2ccccn2)CC1)OCc1ccccc1. The maximum absolute atomic E-state index is 11.7. The number of carbonyl (C=O) groups excluding carboxylic acids is 1. The molecular weight excluding hydrogens is 316 g/mol. The van der Waals surface area contributed by atoms with Crippen LogP contribution in [0.2, 0.25) is 0 Å². The van der Waals surface area contributed by atoms with E-state index in [4.69, 9.17) is 4.74 Å². The fourth-order valence-corrected chi connectivity index (χ4v) is 2.83. The van der Waals surface area contributed by atoms with Gasteiger partial charge in [0.25, 0.3) is 0 Å². The molecule has 6 nitrogen and oxygen atoms in total. The Morgan fingerprint density at radius 1 is 1.04 bits per heavy atom. The molecule has 2 aromatic rings. The number of hydrogen-bond acceptors (Lipinski definition) is 5. The van der Waals surface area contributed by atoms with Crippen LogP contribution < -0.4 is 10.2 Å². The number of benzene rings is 1. The molecule has 1 aromatic heterocycles. The fourth-order valence-electron chi connectivity index (χ4n) is 2.83. The Bertz CT molecular complexity index is 643. The first kappa shape index (κ1) is 17.2. The predicted molar refractivity (Wildman–Crippen MR) is 97.5 cm³/mol. The zero-order valence-electron chi connectivity index (χ0n) is 14.3. The molecule has 1 aliphatic rings. The summed E-state index contributed by atoms with van der Waals surface area (Å²) in [7, 11) is 0. The van der Waals surface area contributed by atoms with Crippen LogP contribution in [0.15, 0.2) is 54.7 Å². The lowest BCUT2D eigenvalue weighted by atomic mass is 10.2. The van der Waals surface area contributed by atoms with Crippen molar-refractivity contribution in [2.24, 2.45) is 0 Å². The minimum absolute atomic E-state index is 0.301. The average molecular weight is 340 g/mol. The summed E-state index contributed by atoms with van der Waals surface area (Å²) in [5.74, 6) is 1.03. The maximum Gasteiger partial charge on any atom is 0.407 e. The number of pyridine rings is 1. The summed E-state index contributed by atoms with van der Waals surface area (Å²) in [6.45, 7) is 5.57. The Morgan fingerprint density at radius 3 is 2.52 bits per heavy atom. The van der Waals surface area contributed by atoms with Crippen molar-refractivity contribution in [3.05, 3.63) is 60.3 Å². The first-order chi connectivity index (χ1) is 12.3. The molecule has 1 aliphatic heterocycles. The summed E-state index contributed by atoms with van der Waals surface area (Å²) in [6, 6.07) is 15.7. The zero-order valence-corrected chi connectivity index (χ0v) is 14.3. The molecule has 3 rings (SSSR count). The minimum Gasteiger partial charge on any atom is -0.445 e.